The molecular weight excluding hydrogens is 278 g/mol. The molecule has 7 heteroatoms. The maximum Gasteiger partial charge on any atom is 0.246 e. The molecule has 1 unspecified atom stereocenters. The van der Waals surface area contributed by atoms with Gasteiger partial charge in [0.15, 0.2) is 5.96 Å². The number of hydrogen-bond donors (Lipinski definition) is 2. The first-order chi connectivity index (χ1) is 9.70. The fourth-order valence-electron chi connectivity index (χ4n) is 1.86. The van der Waals surface area contributed by atoms with Crippen molar-refractivity contribution in [2.45, 2.75) is 19.5 Å². The average molecular weight is 292 g/mol. The number of aliphatic imine (C=N–C) groups is 1. The van der Waals surface area contributed by atoms with Gasteiger partial charge in [0.05, 0.1) is 13.1 Å². The zero-order valence-electron chi connectivity index (χ0n) is 10.9. The minimum atomic E-state index is 0.366. The van der Waals surface area contributed by atoms with Gasteiger partial charge in [0.1, 0.15) is 0 Å². The van der Waals surface area contributed by atoms with Crippen LogP contribution in [0.4, 0.5) is 0 Å². The van der Waals surface area contributed by atoms with E-state index in [1.165, 1.54) is 0 Å². The molecule has 1 atom stereocenters. The van der Waals surface area contributed by atoms with Crippen LogP contribution in [0.1, 0.15) is 12.8 Å². The highest BCUT2D eigenvalue weighted by Crippen LogP contribution is 2.18. The molecule has 0 saturated carbocycles. The number of nitrogens with one attached hydrogen (secondary N) is 2. The standard InChI is InChI=1S/C13H14ClN5O/c1-8-6-15-13(17-8)16-7-11-18-12(19-20-11)9-2-4-10(14)5-3-9/h2-5,8H,6-7H2,1H3,(H2,15,16,17). The molecule has 1 aliphatic rings. The minimum Gasteiger partial charge on any atom is -0.352 e. The smallest absolute Gasteiger partial charge is 0.246 e. The van der Waals surface area contributed by atoms with Crippen molar-refractivity contribution in [1.82, 2.24) is 20.8 Å². The highest BCUT2D eigenvalue weighted by molar-refractivity contribution is 6.30. The van der Waals surface area contributed by atoms with Gasteiger partial charge in [-0.2, -0.15) is 4.98 Å². The summed E-state index contributed by atoms with van der Waals surface area (Å²) in [5.74, 6) is 1.83. The van der Waals surface area contributed by atoms with Crippen molar-refractivity contribution in [3.63, 3.8) is 0 Å². The number of benzene rings is 1. The van der Waals surface area contributed by atoms with Gasteiger partial charge < -0.3 is 15.2 Å². The van der Waals surface area contributed by atoms with Gasteiger partial charge in [-0.1, -0.05) is 16.8 Å². The predicted octanol–water partition coefficient (Wildman–Crippen LogP) is 1.83. The first-order valence-electron chi connectivity index (χ1n) is 6.34. The fraction of sp³-hybridized carbons (Fsp3) is 0.308. The number of guanidine groups is 1. The van der Waals surface area contributed by atoms with E-state index in [2.05, 4.69) is 32.7 Å². The number of hydrogen-bond acceptors (Lipinski definition) is 6. The van der Waals surface area contributed by atoms with Crippen LogP contribution in [0.2, 0.25) is 5.02 Å². The summed E-state index contributed by atoms with van der Waals surface area (Å²) in [4.78, 5) is 8.62. The predicted molar refractivity (Wildman–Crippen MR) is 76.5 cm³/mol. The van der Waals surface area contributed by atoms with Crippen molar-refractivity contribution in [2.75, 3.05) is 6.54 Å². The Balaban J connectivity index is 1.63. The Bertz CT molecular complexity index is 622. The molecule has 1 aromatic carbocycles. The normalized spacial score (nSPS) is 17.7. The van der Waals surface area contributed by atoms with Gasteiger partial charge in [-0.25, -0.2) is 0 Å². The number of nitrogens with zero attached hydrogens (tertiary/aromatic N) is 3. The summed E-state index contributed by atoms with van der Waals surface area (Å²) < 4.78 is 5.20. The molecule has 2 heterocycles. The van der Waals surface area contributed by atoms with Crippen LogP contribution in [0, 0.1) is 0 Å². The summed E-state index contributed by atoms with van der Waals surface area (Å²) in [7, 11) is 0. The number of halogens is 1. The summed E-state index contributed by atoms with van der Waals surface area (Å²) in [5.41, 5.74) is 0.870. The van der Waals surface area contributed by atoms with E-state index in [0.717, 1.165) is 18.1 Å². The van der Waals surface area contributed by atoms with Gasteiger partial charge in [0.2, 0.25) is 11.7 Å². The third kappa shape index (κ3) is 2.91. The summed E-state index contributed by atoms with van der Waals surface area (Å²) >= 11 is 5.84. The van der Waals surface area contributed by atoms with E-state index in [0.29, 0.717) is 29.3 Å². The molecule has 1 aromatic heterocycles. The van der Waals surface area contributed by atoms with E-state index < -0.39 is 0 Å². The molecule has 2 N–H and O–H groups in total. The summed E-state index contributed by atoms with van der Waals surface area (Å²) in [6.45, 7) is 3.30. The van der Waals surface area contributed by atoms with Gasteiger partial charge in [-0.15, -0.1) is 0 Å². The molecule has 0 amide bonds. The number of rotatable bonds is 3. The summed E-state index contributed by atoms with van der Waals surface area (Å²) in [6, 6.07) is 7.67. The Labute approximate surface area is 121 Å². The van der Waals surface area contributed by atoms with Crippen LogP contribution in [-0.4, -0.2) is 28.7 Å². The molecule has 0 aliphatic carbocycles. The molecule has 2 aromatic rings. The third-order valence-corrected chi connectivity index (χ3v) is 3.14. The largest absolute Gasteiger partial charge is 0.352 e. The lowest BCUT2D eigenvalue weighted by atomic mass is 10.2. The Hall–Kier alpha value is -2.08. The molecule has 1 aliphatic heterocycles. The zero-order valence-corrected chi connectivity index (χ0v) is 11.7. The molecule has 0 bridgehead atoms. The second kappa shape index (κ2) is 5.50. The zero-order chi connectivity index (χ0) is 13.9. The van der Waals surface area contributed by atoms with Gasteiger partial charge >= 0.3 is 0 Å². The molecule has 3 rings (SSSR count). The Morgan fingerprint density at radius 3 is 2.90 bits per heavy atom. The van der Waals surface area contributed by atoms with E-state index in [1.54, 1.807) is 12.1 Å². The topological polar surface area (TPSA) is 75.3 Å². The average Bonchev–Trinajstić information content (AvgIpc) is 3.06. The van der Waals surface area contributed by atoms with Crippen LogP contribution < -0.4 is 10.6 Å². The molecule has 0 saturated heterocycles. The highest BCUT2D eigenvalue weighted by Gasteiger charge is 2.13. The van der Waals surface area contributed by atoms with Crippen molar-refractivity contribution in [3.05, 3.63) is 35.2 Å². The van der Waals surface area contributed by atoms with Gasteiger partial charge in [-0.05, 0) is 31.2 Å². The first kappa shape index (κ1) is 12.9. The van der Waals surface area contributed by atoms with Gasteiger partial charge in [-0.3, -0.25) is 4.99 Å². The molecule has 0 radical (unpaired) electrons. The second-order valence-electron chi connectivity index (χ2n) is 4.61. The number of aromatic nitrogens is 2. The van der Waals surface area contributed by atoms with Crippen molar-refractivity contribution in [1.29, 1.82) is 0 Å². The lowest BCUT2D eigenvalue weighted by molar-refractivity contribution is 0.375. The molecule has 20 heavy (non-hydrogen) atoms. The van der Waals surface area contributed by atoms with Crippen LogP contribution in [-0.2, 0) is 6.54 Å². The van der Waals surface area contributed by atoms with E-state index in [-0.39, 0.29) is 0 Å². The van der Waals surface area contributed by atoms with E-state index >= 15 is 0 Å². The molecular formula is C13H14ClN5O. The maximum atomic E-state index is 5.84. The second-order valence-corrected chi connectivity index (χ2v) is 5.04. The third-order valence-electron chi connectivity index (χ3n) is 2.88. The van der Waals surface area contributed by atoms with Crippen LogP contribution in [0.5, 0.6) is 0 Å². The summed E-state index contributed by atoms with van der Waals surface area (Å²) in [6.07, 6.45) is 0. The van der Waals surface area contributed by atoms with Crippen LogP contribution >= 0.6 is 11.6 Å². The lowest BCUT2D eigenvalue weighted by Crippen LogP contribution is -2.37. The summed E-state index contributed by atoms with van der Waals surface area (Å²) in [5, 5.41) is 11.0. The van der Waals surface area contributed by atoms with Crippen LogP contribution in [0.15, 0.2) is 33.8 Å². The quantitative estimate of drug-likeness (QED) is 0.902. The molecule has 0 spiro atoms. The molecule has 6 nitrogen and oxygen atoms in total. The minimum absolute atomic E-state index is 0.366. The van der Waals surface area contributed by atoms with Gasteiger partial charge in [0.25, 0.3) is 0 Å². The SMILES string of the molecule is CC1CN=C(NCc2nc(-c3ccc(Cl)cc3)no2)N1. The Morgan fingerprint density at radius 2 is 2.20 bits per heavy atom. The molecule has 0 fully saturated rings. The molecule has 104 valence electrons. The first-order valence-corrected chi connectivity index (χ1v) is 6.72. The lowest BCUT2D eigenvalue weighted by Gasteiger charge is -2.05. The monoisotopic (exact) mass is 291 g/mol. The van der Waals surface area contributed by atoms with Crippen molar-refractivity contribution in [2.24, 2.45) is 4.99 Å². The Kier molecular flexibility index (Phi) is 3.56. The fourth-order valence-corrected chi connectivity index (χ4v) is 1.99. The van der Waals surface area contributed by atoms with Crippen molar-refractivity contribution < 1.29 is 4.52 Å². The van der Waals surface area contributed by atoms with Crippen LogP contribution in [0.25, 0.3) is 11.4 Å². The van der Waals surface area contributed by atoms with E-state index in [4.69, 9.17) is 16.1 Å². The van der Waals surface area contributed by atoms with E-state index in [1.807, 2.05) is 12.1 Å². The Morgan fingerprint density at radius 1 is 1.40 bits per heavy atom. The highest BCUT2D eigenvalue weighted by atomic mass is 35.5. The van der Waals surface area contributed by atoms with Crippen LogP contribution in [0.3, 0.4) is 0 Å². The van der Waals surface area contributed by atoms with Gasteiger partial charge in [0, 0.05) is 16.6 Å². The van der Waals surface area contributed by atoms with Crippen molar-refractivity contribution >= 4 is 17.6 Å². The maximum absolute atomic E-state index is 5.84. The van der Waals surface area contributed by atoms with Crippen molar-refractivity contribution in [3.8, 4) is 11.4 Å². The van der Waals surface area contributed by atoms with E-state index in [9.17, 15) is 0 Å².